The van der Waals surface area contributed by atoms with Crippen molar-refractivity contribution >= 4 is 44.9 Å². The van der Waals surface area contributed by atoms with Crippen molar-refractivity contribution < 1.29 is 4.79 Å². The summed E-state index contributed by atoms with van der Waals surface area (Å²) in [5.41, 5.74) is 2.47. The molecule has 2 heterocycles. The number of carbonyl (C=O) groups is 1. The van der Waals surface area contributed by atoms with E-state index in [9.17, 15) is 9.59 Å². The molecule has 0 aliphatic heterocycles. The summed E-state index contributed by atoms with van der Waals surface area (Å²) in [5.74, 6) is -0.330. The second kappa shape index (κ2) is 8.14. The fraction of sp³-hybridized carbons (Fsp3) is 0.143. The number of aromatic nitrogens is 3. The Bertz CT molecular complexity index is 1270. The smallest absolute Gasteiger partial charge is 0.261 e. The number of fused-ring (bicyclic) bond motifs is 1. The van der Waals surface area contributed by atoms with Gasteiger partial charge < -0.3 is 5.32 Å². The number of hydrogen-bond donors (Lipinski definition) is 1. The van der Waals surface area contributed by atoms with Gasteiger partial charge >= 0.3 is 0 Å². The van der Waals surface area contributed by atoms with Crippen LogP contribution in [0.5, 0.6) is 0 Å². The van der Waals surface area contributed by atoms with Gasteiger partial charge in [0.15, 0.2) is 5.13 Å². The highest BCUT2D eigenvalue weighted by atomic mass is 35.5. The quantitative estimate of drug-likeness (QED) is 0.524. The van der Waals surface area contributed by atoms with Gasteiger partial charge in [0.05, 0.1) is 17.2 Å². The summed E-state index contributed by atoms with van der Waals surface area (Å²) in [6.45, 7) is 1.84. The van der Waals surface area contributed by atoms with Crippen LogP contribution in [0.1, 0.15) is 16.0 Å². The van der Waals surface area contributed by atoms with E-state index in [1.165, 1.54) is 22.2 Å². The number of hydrogen-bond acceptors (Lipinski definition) is 5. The maximum absolute atomic E-state index is 12.5. The van der Waals surface area contributed by atoms with Gasteiger partial charge in [-0.15, -0.1) is 11.3 Å². The monoisotopic (exact) mass is 424 g/mol. The minimum atomic E-state index is -0.330. The van der Waals surface area contributed by atoms with Gasteiger partial charge in [-0.3, -0.25) is 14.2 Å². The molecule has 2 aromatic carbocycles. The van der Waals surface area contributed by atoms with E-state index in [2.05, 4.69) is 15.3 Å². The van der Waals surface area contributed by atoms with Crippen LogP contribution in [0.3, 0.4) is 0 Å². The minimum Gasteiger partial charge on any atom is -0.300 e. The molecular formula is C21H17ClN4O2S. The average molecular weight is 425 g/mol. The van der Waals surface area contributed by atoms with E-state index < -0.39 is 0 Å². The molecule has 1 N–H and O–H groups in total. The number of rotatable bonds is 5. The first kappa shape index (κ1) is 19.3. The molecule has 0 fully saturated rings. The zero-order chi connectivity index (χ0) is 20.4. The Morgan fingerprint density at radius 2 is 2.03 bits per heavy atom. The number of benzene rings is 2. The van der Waals surface area contributed by atoms with E-state index in [1.54, 1.807) is 24.4 Å². The molecular weight excluding hydrogens is 408 g/mol. The zero-order valence-corrected chi connectivity index (χ0v) is 17.1. The van der Waals surface area contributed by atoms with Crippen molar-refractivity contribution in [3.05, 3.63) is 86.4 Å². The Labute approximate surface area is 175 Å². The molecule has 0 aliphatic carbocycles. The van der Waals surface area contributed by atoms with Crippen LogP contribution in [0, 0.1) is 6.92 Å². The minimum absolute atomic E-state index is 0.126. The van der Waals surface area contributed by atoms with Gasteiger partial charge in [0.1, 0.15) is 6.54 Å². The topological polar surface area (TPSA) is 76.9 Å². The molecule has 0 unspecified atom stereocenters. The van der Waals surface area contributed by atoms with Crippen molar-refractivity contribution in [3.63, 3.8) is 0 Å². The molecule has 4 aromatic rings. The molecule has 2 aromatic heterocycles. The highest BCUT2D eigenvalue weighted by Gasteiger charge is 2.11. The zero-order valence-electron chi connectivity index (χ0n) is 15.6. The largest absolute Gasteiger partial charge is 0.300 e. The van der Waals surface area contributed by atoms with Gasteiger partial charge in [-0.2, -0.15) is 0 Å². The lowest BCUT2D eigenvalue weighted by Gasteiger charge is -2.06. The predicted octanol–water partition coefficient (Wildman–Crippen LogP) is 4.04. The second-order valence-corrected chi connectivity index (χ2v) is 8.16. The summed E-state index contributed by atoms with van der Waals surface area (Å²) >= 11 is 7.57. The Hall–Kier alpha value is -3.03. The molecule has 0 radical (unpaired) electrons. The van der Waals surface area contributed by atoms with Crippen LogP contribution in [0.2, 0.25) is 5.02 Å². The lowest BCUT2D eigenvalue weighted by atomic mass is 10.1. The van der Waals surface area contributed by atoms with Gasteiger partial charge in [0.25, 0.3) is 5.56 Å². The number of anilines is 1. The first-order valence-electron chi connectivity index (χ1n) is 8.93. The van der Waals surface area contributed by atoms with E-state index in [1.807, 2.05) is 31.2 Å². The molecule has 0 atom stereocenters. The molecule has 0 bridgehead atoms. The molecule has 0 aliphatic rings. The fourth-order valence-corrected chi connectivity index (χ4v) is 3.99. The average Bonchev–Trinajstić information content (AvgIpc) is 3.14. The highest BCUT2D eigenvalue weighted by molar-refractivity contribution is 7.15. The van der Waals surface area contributed by atoms with Crippen LogP contribution >= 0.6 is 22.9 Å². The van der Waals surface area contributed by atoms with Gasteiger partial charge in [-0.25, -0.2) is 9.97 Å². The summed E-state index contributed by atoms with van der Waals surface area (Å²) in [4.78, 5) is 34.4. The second-order valence-electron chi connectivity index (χ2n) is 6.63. The molecule has 1 amide bonds. The molecule has 8 heteroatoms. The molecule has 29 heavy (non-hydrogen) atoms. The molecule has 0 saturated heterocycles. The van der Waals surface area contributed by atoms with Gasteiger partial charge in [-0.1, -0.05) is 35.9 Å². The van der Waals surface area contributed by atoms with Crippen LogP contribution in [0.4, 0.5) is 5.13 Å². The van der Waals surface area contributed by atoms with Crippen LogP contribution in [-0.2, 0) is 17.8 Å². The van der Waals surface area contributed by atoms with Gasteiger partial charge in [-0.05, 0) is 36.2 Å². The maximum Gasteiger partial charge on any atom is 0.261 e. The Balaban J connectivity index is 1.43. The Morgan fingerprint density at radius 1 is 1.21 bits per heavy atom. The Morgan fingerprint density at radius 3 is 2.86 bits per heavy atom. The SMILES string of the molecule is Cc1ccc(Cc2cnc(NC(=O)Cn3cnc4ccccc4c3=O)s2)cc1Cl. The van der Waals surface area contributed by atoms with Crippen molar-refractivity contribution in [2.45, 2.75) is 19.9 Å². The number of halogens is 1. The number of nitrogens with zero attached hydrogens (tertiary/aromatic N) is 3. The predicted molar refractivity (Wildman–Crippen MR) is 116 cm³/mol. The molecule has 0 spiro atoms. The molecule has 4 rings (SSSR count). The van der Waals surface area contributed by atoms with Crippen molar-refractivity contribution in [2.75, 3.05) is 5.32 Å². The number of thiazole rings is 1. The fourth-order valence-electron chi connectivity index (χ4n) is 2.93. The number of aryl methyl sites for hydroxylation is 1. The Kier molecular flexibility index (Phi) is 5.42. The summed E-state index contributed by atoms with van der Waals surface area (Å²) in [6.07, 6.45) is 3.80. The normalized spacial score (nSPS) is 11.0. The lowest BCUT2D eigenvalue weighted by Crippen LogP contribution is -2.27. The number of amides is 1. The lowest BCUT2D eigenvalue weighted by molar-refractivity contribution is -0.116. The van der Waals surface area contributed by atoms with Gasteiger partial charge in [0, 0.05) is 22.5 Å². The van der Waals surface area contributed by atoms with E-state index in [0.717, 1.165) is 21.0 Å². The molecule has 6 nitrogen and oxygen atoms in total. The molecule has 0 saturated carbocycles. The third-order valence-corrected chi connectivity index (χ3v) is 5.78. The van der Waals surface area contributed by atoms with E-state index in [-0.39, 0.29) is 18.0 Å². The molecule has 146 valence electrons. The van der Waals surface area contributed by atoms with Crippen molar-refractivity contribution in [1.29, 1.82) is 0 Å². The van der Waals surface area contributed by atoms with Crippen molar-refractivity contribution in [2.24, 2.45) is 0 Å². The van der Waals surface area contributed by atoms with E-state index in [0.29, 0.717) is 22.5 Å². The maximum atomic E-state index is 12.5. The summed E-state index contributed by atoms with van der Waals surface area (Å²) in [5, 5.41) is 4.45. The third-order valence-electron chi connectivity index (χ3n) is 4.46. The number of para-hydroxylation sites is 1. The van der Waals surface area contributed by atoms with E-state index >= 15 is 0 Å². The third kappa shape index (κ3) is 4.36. The highest BCUT2D eigenvalue weighted by Crippen LogP contribution is 2.24. The van der Waals surface area contributed by atoms with E-state index in [4.69, 9.17) is 11.6 Å². The van der Waals surface area contributed by atoms with Crippen molar-refractivity contribution in [1.82, 2.24) is 14.5 Å². The van der Waals surface area contributed by atoms with Crippen LogP contribution in [0.25, 0.3) is 10.9 Å². The first-order valence-corrected chi connectivity index (χ1v) is 10.1. The van der Waals surface area contributed by atoms with Crippen LogP contribution in [-0.4, -0.2) is 20.4 Å². The van der Waals surface area contributed by atoms with Crippen LogP contribution in [0.15, 0.2) is 59.8 Å². The van der Waals surface area contributed by atoms with Crippen LogP contribution < -0.4 is 10.9 Å². The number of nitrogens with one attached hydrogen (secondary N) is 1. The van der Waals surface area contributed by atoms with Gasteiger partial charge in [0.2, 0.25) is 5.91 Å². The summed E-state index contributed by atoms with van der Waals surface area (Å²) in [7, 11) is 0. The summed E-state index contributed by atoms with van der Waals surface area (Å²) in [6, 6.07) is 13.0. The standard InChI is InChI=1S/C21H17ClN4O2S/c1-13-6-7-14(9-17(13)22)8-15-10-23-21(29-15)25-19(27)11-26-12-24-18-5-3-2-4-16(18)20(26)28/h2-7,9-10,12H,8,11H2,1H3,(H,23,25,27). The summed E-state index contributed by atoms with van der Waals surface area (Å²) < 4.78 is 1.29. The first-order chi connectivity index (χ1) is 14.0. The van der Waals surface area contributed by atoms with Crippen molar-refractivity contribution in [3.8, 4) is 0 Å². The number of carbonyl (C=O) groups excluding carboxylic acids is 1.